The van der Waals surface area contributed by atoms with Crippen molar-refractivity contribution in [3.63, 3.8) is 0 Å². The lowest BCUT2D eigenvalue weighted by Crippen LogP contribution is -2.41. The zero-order valence-electron chi connectivity index (χ0n) is 16.2. The molecule has 0 saturated carbocycles. The van der Waals surface area contributed by atoms with Crippen LogP contribution < -0.4 is 4.90 Å². The van der Waals surface area contributed by atoms with Gasteiger partial charge >= 0.3 is 5.97 Å². The molecular weight excluding hydrogens is 380 g/mol. The summed E-state index contributed by atoms with van der Waals surface area (Å²) >= 11 is 0. The molecule has 3 aromatic carbocycles. The summed E-state index contributed by atoms with van der Waals surface area (Å²) in [5.74, 6) is -1.78. The van der Waals surface area contributed by atoms with Crippen LogP contribution in [0, 0.1) is 0 Å². The number of nitrogens with zero attached hydrogens (tertiary/aromatic N) is 2. The van der Waals surface area contributed by atoms with Gasteiger partial charge in [0.05, 0.1) is 0 Å². The van der Waals surface area contributed by atoms with E-state index in [1.807, 2.05) is 54.6 Å². The summed E-state index contributed by atoms with van der Waals surface area (Å²) in [5.41, 5.74) is 3.86. The average molecular weight is 400 g/mol. The number of benzene rings is 3. The monoisotopic (exact) mass is 400 g/mol. The Bertz CT molecular complexity index is 1090. The molecule has 0 saturated heterocycles. The zero-order valence-corrected chi connectivity index (χ0v) is 16.2. The molecule has 1 aliphatic rings. The molecule has 4 rings (SSSR count). The van der Waals surface area contributed by atoms with Crippen molar-refractivity contribution in [2.45, 2.75) is 6.54 Å². The Morgan fingerprint density at radius 1 is 0.800 bits per heavy atom. The van der Waals surface area contributed by atoms with Gasteiger partial charge in [-0.05, 0) is 34.9 Å². The van der Waals surface area contributed by atoms with E-state index in [0.717, 1.165) is 16.7 Å². The molecule has 0 unspecified atom stereocenters. The number of hydrogen-bond donors (Lipinski definition) is 1. The number of carbonyl (C=O) groups excluding carboxylic acids is 2. The van der Waals surface area contributed by atoms with Gasteiger partial charge in [0.25, 0.3) is 5.91 Å². The third-order valence-electron chi connectivity index (χ3n) is 5.10. The Kier molecular flexibility index (Phi) is 5.30. The van der Waals surface area contributed by atoms with Crippen molar-refractivity contribution in [1.29, 1.82) is 0 Å². The van der Waals surface area contributed by atoms with Crippen LogP contribution in [0.5, 0.6) is 0 Å². The van der Waals surface area contributed by atoms with E-state index in [4.69, 9.17) is 5.11 Å². The first-order valence-electron chi connectivity index (χ1n) is 9.58. The normalized spacial score (nSPS) is 13.5. The number of carbonyl (C=O) groups is 3. The number of hydrogen-bond acceptors (Lipinski definition) is 3. The number of carboxylic acid groups (broad SMARTS) is 1. The molecule has 0 spiro atoms. The van der Waals surface area contributed by atoms with Crippen LogP contribution in [-0.2, 0) is 16.1 Å². The van der Waals surface area contributed by atoms with Gasteiger partial charge in [0, 0.05) is 17.8 Å². The maximum absolute atomic E-state index is 13.3. The van der Waals surface area contributed by atoms with Gasteiger partial charge in [-0.15, -0.1) is 0 Å². The van der Waals surface area contributed by atoms with E-state index in [1.165, 1.54) is 9.80 Å². The molecule has 0 fully saturated rings. The zero-order chi connectivity index (χ0) is 21.1. The highest BCUT2D eigenvalue weighted by atomic mass is 16.4. The smallest absolute Gasteiger partial charge is 0.323 e. The molecule has 2 amide bonds. The minimum atomic E-state index is -1.09. The van der Waals surface area contributed by atoms with Gasteiger partial charge in [0.2, 0.25) is 5.91 Å². The van der Waals surface area contributed by atoms with Crippen LogP contribution in [0.4, 0.5) is 5.69 Å². The lowest BCUT2D eigenvalue weighted by molar-refractivity contribution is -0.144. The molecular formula is C24H20N2O4. The first-order chi connectivity index (χ1) is 14.5. The second-order valence-electron chi connectivity index (χ2n) is 7.11. The van der Waals surface area contributed by atoms with Crippen LogP contribution in [0.15, 0.2) is 78.9 Å². The molecule has 0 aromatic heterocycles. The van der Waals surface area contributed by atoms with Crippen molar-refractivity contribution < 1.29 is 19.5 Å². The van der Waals surface area contributed by atoms with Gasteiger partial charge in [-0.2, -0.15) is 0 Å². The summed E-state index contributed by atoms with van der Waals surface area (Å²) < 4.78 is 0. The Balaban J connectivity index is 1.65. The first kappa shape index (κ1) is 19.4. The Morgan fingerprint density at radius 2 is 1.43 bits per heavy atom. The van der Waals surface area contributed by atoms with E-state index in [0.29, 0.717) is 11.3 Å². The maximum atomic E-state index is 13.3. The topological polar surface area (TPSA) is 77.9 Å². The van der Waals surface area contributed by atoms with Crippen molar-refractivity contribution in [1.82, 2.24) is 4.90 Å². The van der Waals surface area contributed by atoms with Gasteiger partial charge in [0.1, 0.15) is 13.1 Å². The van der Waals surface area contributed by atoms with E-state index >= 15 is 0 Å². The first-order valence-corrected chi connectivity index (χ1v) is 9.58. The summed E-state index contributed by atoms with van der Waals surface area (Å²) in [5, 5.41) is 9.12. The van der Waals surface area contributed by atoms with Crippen molar-refractivity contribution in [3.8, 4) is 11.1 Å². The number of anilines is 1. The highest BCUT2D eigenvalue weighted by molar-refractivity contribution is 6.09. The van der Waals surface area contributed by atoms with E-state index in [2.05, 4.69) is 0 Å². The van der Waals surface area contributed by atoms with E-state index in [1.54, 1.807) is 24.3 Å². The highest BCUT2D eigenvalue weighted by Gasteiger charge is 2.30. The average Bonchev–Trinajstić information content (AvgIpc) is 2.90. The second-order valence-corrected chi connectivity index (χ2v) is 7.11. The van der Waals surface area contributed by atoms with Crippen molar-refractivity contribution in [2.75, 3.05) is 18.0 Å². The van der Waals surface area contributed by atoms with Gasteiger partial charge in [-0.3, -0.25) is 19.3 Å². The lowest BCUT2D eigenvalue weighted by atomic mass is 10.0. The van der Waals surface area contributed by atoms with Crippen LogP contribution >= 0.6 is 0 Å². The quantitative estimate of drug-likeness (QED) is 0.728. The molecule has 6 nitrogen and oxygen atoms in total. The molecule has 0 radical (unpaired) electrons. The number of aliphatic carboxylic acids is 1. The predicted octanol–water partition coefficient (Wildman–Crippen LogP) is 3.43. The maximum Gasteiger partial charge on any atom is 0.323 e. The largest absolute Gasteiger partial charge is 0.480 e. The standard InChI is InChI=1S/C24H20N2O4/c27-22-15-26(21-9-5-4-8-20(21)14-25(22)16-23(28)29)24(30)19-12-10-18(11-13-19)17-6-2-1-3-7-17/h1-13H,14-16H2,(H,28,29). The molecule has 1 aliphatic heterocycles. The second kappa shape index (κ2) is 8.21. The Labute approximate surface area is 174 Å². The summed E-state index contributed by atoms with van der Waals surface area (Å²) in [7, 11) is 0. The third kappa shape index (κ3) is 3.93. The predicted molar refractivity (Wildman–Crippen MR) is 113 cm³/mol. The van der Waals surface area contributed by atoms with E-state index in [-0.39, 0.29) is 19.0 Å². The van der Waals surface area contributed by atoms with Gasteiger partial charge in [-0.1, -0.05) is 60.7 Å². The summed E-state index contributed by atoms with van der Waals surface area (Å²) in [4.78, 5) is 39.8. The van der Waals surface area contributed by atoms with Gasteiger partial charge in [-0.25, -0.2) is 0 Å². The number of rotatable bonds is 4. The lowest BCUT2D eigenvalue weighted by Gasteiger charge is -2.22. The van der Waals surface area contributed by atoms with Crippen molar-refractivity contribution in [2.24, 2.45) is 0 Å². The fourth-order valence-corrected chi connectivity index (χ4v) is 3.60. The summed E-state index contributed by atoms with van der Waals surface area (Å²) in [6, 6.07) is 24.3. The van der Waals surface area contributed by atoms with Crippen molar-refractivity contribution >= 4 is 23.5 Å². The fourth-order valence-electron chi connectivity index (χ4n) is 3.60. The van der Waals surface area contributed by atoms with E-state index in [9.17, 15) is 14.4 Å². The number of para-hydroxylation sites is 1. The molecule has 6 heteroatoms. The van der Waals surface area contributed by atoms with Gasteiger partial charge < -0.3 is 10.0 Å². The molecule has 150 valence electrons. The molecule has 0 atom stereocenters. The number of carboxylic acids is 1. The SMILES string of the molecule is O=C(O)CN1Cc2ccccc2N(C(=O)c2ccc(-c3ccccc3)cc2)CC1=O. The molecule has 0 bridgehead atoms. The molecule has 30 heavy (non-hydrogen) atoms. The minimum Gasteiger partial charge on any atom is -0.480 e. The van der Waals surface area contributed by atoms with Crippen LogP contribution in [0.25, 0.3) is 11.1 Å². The minimum absolute atomic E-state index is 0.151. The van der Waals surface area contributed by atoms with Crippen LogP contribution in [0.2, 0.25) is 0 Å². The van der Waals surface area contributed by atoms with Crippen LogP contribution in [-0.4, -0.2) is 40.9 Å². The van der Waals surface area contributed by atoms with Gasteiger partial charge in [0.15, 0.2) is 0 Å². The van der Waals surface area contributed by atoms with E-state index < -0.39 is 18.4 Å². The van der Waals surface area contributed by atoms with Crippen LogP contribution in [0.1, 0.15) is 15.9 Å². The third-order valence-corrected chi connectivity index (χ3v) is 5.10. The Hall–Kier alpha value is -3.93. The highest BCUT2D eigenvalue weighted by Crippen LogP contribution is 2.27. The van der Waals surface area contributed by atoms with Crippen molar-refractivity contribution in [3.05, 3.63) is 90.0 Å². The fraction of sp³-hybridized carbons (Fsp3) is 0.125. The summed E-state index contributed by atoms with van der Waals surface area (Å²) in [6.45, 7) is -0.456. The number of amides is 2. The molecule has 0 aliphatic carbocycles. The molecule has 3 aromatic rings. The number of fused-ring (bicyclic) bond motifs is 1. The summed E-state index contributed by atoms with van der Waals surface area (Å²) in [6.07, 6.45) is 0. The molecule has 1 N–H and O–H groups in total. The molecule has 1 heterocycles. The van der Waals surface area contributed by atoms with Crippen LogP contribution in [0.3, 0.4) is 0 Å². The Morgan fingerprint density at radius 3 is 2.13 bits per heavy atom.